The molecule has 1 aromatic heterocycles. The second-order valence-electron chi connectivity index (χ2n) is 3.90. The first-order valence-electron chi connectivity index (χ1n) is 5.97. The minimum absolute atomic E-state index is 0.0583. The Labute approximate surface area is 118 Å². The molecule has 0 radical (unpaired) electrons. The highest BCUT2D eigenvalue weighted by atomic mass is 19.4. The molecule has 0 bridgehead atoms. The number of hydrogen-bond donors (Lipinski definition) is 2. The van der Waals surface area contributed by atoms with E-state index >= 15 is 0 Å². The minimum Gasteiger partial charge on any atom is -0.464 e. The molecule has 21 heavy (non-hydrogen) atoms. The van der Waals surface area contributed by atoms with E-state index in [1.165, 1.54) is 18.2 Å². The Bertz CT molecular complexity index is 633. The molecule has 0 aliphatic rings. The summed E-state index contributed by atoms with van der Waals surface area (Å²) in [6.07, 6.45) is -4.50. The summed E-state index contributed by atoms with van der Waals surface area (Å²) in [6, 6.07) is 4.92. The molecule has 0 aliphatic heterocycles. The third kappa shape index (κ3) is 3.71. The van der Waals surface area contributed by atoms with Crippen molar-refractivity contribution in [1.82, 2.24) is 15.0 Å². The number of nitrogens with one attached hydrogen (secondary N) is 1. The van der Waals surface area contributed by atoms with Gasteiger partial charge in [-0.25, -0.2) is 0 Å². The van der Waals surface area contributed by atoms with E-state index in [0.717, 1.165) is 6.07 Å². The number of nitrogen functional groups attached to an aromatic ring is 1. The summed E-state index contributed by atoms with van der Waals surface area (Å²) in [5, 5.41) is 2.48. The van der Waals surface area contributed by atoms with Gasteiger partial charge in [0.2, 0.25) is 11.9 Å². The Hall–Kier alpha value is -2.58. The van der Waals surface area contributed by atoms with Gasteiger partial charge in [-0.1, -0.05) is 12.1 Å². The predicted molar refractivity (Wildman–Crippen MR) is 70.1 cm³/mol. The van der Waals surface area contributed by atoms with Crippen LogP contribution in [0.4, 0.5) is 30.8 Å². The summed E-state index contributed by atoms with van der Waals surface area (Å²) in [5.41, 5.74) is 4.45. The number of aromatic nitrogens is 3. The van der Waals surface area contributed by atoms with Crippen molar-refractivity contribution in [3.05, 3.63) is 29.8 Å². The fourth-order valence-corrected chi connectivity index (χ4v) is 1.58. The summed E-state index contributed by atoms with van der Waals surface area (Å²) in [5.74, 6) is -0.275. The number of halogens is 3. The molecule has 0 aliphatic carbocycles. The van der Waals surface area contributed by atoms with Crippen LogP contribution in [0.15, 0.2) is 24.3 Å². The molecule has 1 heterocycles. The molecule has 0 unspecified atom stereocenters. The molecule has 2 rings (SSSR count). The average Bonchev–Trinajstić information content (AvgIpc) is 2.37. The monoisotopic (exact) mass is 299 g/mol. The zero-order chi connectivity index (χ0) is 15.5. The van der Waals surface area contributed by atoms with Gasteiger partial charge in [-0.3, -0.25) is 0 Å². The highest BCUT2D eigenvalue weighted by Gasteiger charge is 2.33. The highest BCUT2D eigenvalue weighted by molar-refractivity contribution is 5.60. The van der Waals surface area contributed by atoms with Crippen LogP contribution in [0.2, 0.25) is 0 Å². The molecule has 0 spiro atoms. The van der Waals surface area contributed by atoms with Crippen LogP contribution in [0, 0.1) is 0 Å². The van der Waals surface area contributed by atoms with Crippen LogP contribution >= 0.6 is 0 Å². The maximum absolute atomic E-state index is 12.9. The number of anilines is 3. The molecular formula is C12H12F3N5O. The van der Waals surface area contributed by atoms with E-state index in [4.69, 9.17) is 10.5 Å². The van der Waals surface area contributed by atoms with Crippen molar-refractivity contribution in [2.75, 3.05) is 17.7 Å². The van der Waals surface area contributed by atoms with Crippen LogP contribution in [-0.4, -0.2) is 21.6 Å². The van der Waals surface area contributed by atoms with E-state index in [1.54, 1.807) is 6.92 Å². The van der Waals surface area contributed by atoms with Crippen molar-refractivity contribution in [2.24, 2.45) is 0 Å². The maximum atomic E-state index is 12.9. The van der Waals surface area contributed by atoms with Gasteiger partial charge in [0.05, 0.1) is 17.9 Å². The first-order chi connectivity index (χ1) is 9.90. The fourth-order valence-electron chi connectivity index (χ4n) is 1.58. The Morgan fingerprint density at radius 3 is 2.57 bits per heavy atom. The largest absolute Gasteiger partial charge is 0.464 e. The molecule has 0 saturated carbocycles. The molecule has 0 atom stereocenters. The lowest BCUT2D eigenvalue weighted by molar-refractivity contribution is -0.136. The molecular weight excluding hydrogens is 287 g/mol. The molecule has 9 heteroatoms. The molecule has 6 nitrogen and oxygen atoms in total. The van der Waals surface area contributed by atoms with Crippen molar-refractivity contribution in [3.8, 4) is 6.01 Å². The topological polar surface area (TPSA) is 86.0 Å². The first kappa shape index (κ1) is 14.8. The fraction of sp³-hybridized carbons (Fsp3) is 0.250. The lowest BCUT2D eigenvalue weighted by Gasteiger charge is -2.13. The zero-order valence-electron chi connectivity index (χ0n) is 11.0. The molecule has 0 amide bonds. The number of ether oxygens (including phenoxy) is 1. The quantitative estimate of drug-likeness (QED) is 0.902. The molecule has 3 N–H and O–H groups in total. The van der Waals surface area contributed by atoms with E-state index < -0.39 is 11.7 Å². The number of para-hydroxylation sites is 1. The number of alkyl halides is 3. The van der Waals surface area contributed by atoms with Gasteiger partial charge >= 0.3 is 12.2 Å². The number of benzene rings is 1. The number of hydrogen-bond acceptors (Lipinski definition) is 6. The third-order valence-electron chi connectivity index (χ3n) is 2.38. The number of nitrogens with two attached hydrogens (primary N) is 1. The predicted octanol–water partition coefficient (Wildman–Crippen LogP) is 2.61. The lowest BCUT2D eigenvalue weighted by atomic mass is 10.1. The van der Waals surface area contributed by atoms with Crippen LogP contribution in [0.5, 0.6) is 6.01 Å². The normalized spacial score (nSPS) is 11.2. The second kappa shape index (κ2) is 5.81. The van der Waals surface area contributed by atoms with Crippen LogP contribution < -0.4 is 15.8 Å². The first-order valence-corrected chi connectivity index (χ1v) is 5.97. The van der Waals surface area contributed by atoms with E-state index in [2.05, 4.69) is 20.3 Å². The van der Waals surface area contributed by atoms with E-state index in [9.17, 15) is 13.2 Å². The average molecular weight is 299 g/mol. The van der Waals surface area contributed by atoms with Gasteiger partial charge in [0.15, 0.2) is 0 Å². The Morgan fingerprint density at radius 1 is 1.19 bits per heavy atom. The van der Waals surface area contributed by atoms with Gasteiger partial charge in [-0.05, 0) is 19.1 Å². The second-order valence-corrected chi connectivity index (χ2v) is 3.90. The molecule has 1 aromatic carbocycles. The SMILES string of the molecule is CCOc1nc(N)nc(Nc2ccccc2C(F)(F)F)n1. The van der Waals surface area contributed by atoms with Gasteiger partial charge in [0.25, 0.3) is 0 Å². The molecule has 0 saturated heterocycles. The lowest BCUT2D eigenvalue weighted by Crippen LogP contribution is -2.11. The Morgan fingerprint density at radius 2 is 1.90 bits per heavy atom. The minimum atomic E-state index is -4.50. The van der Waals surface area contributed by atoms with Gasteiger partial charge in [0.1, 0.15) is 0 Å². The molecule has 2 aromatic rings. The molecule has 0 fully saturated rings. The number of rotatable bonds is 4. The highest BCUT2D eigenvalue weighted by Crippen LogP contribution is 2.35. The molecule has 112 valence electrons. The van der Waals surface area contributed by atoms with Gasteiger partial charge in [-0.2, -0.15) is 28.1 Å². The van der Waals surface area contributed by atoms with E-state index in [0.29, 0.717) is 6.61 Å². The zero-order valence-corrected chi connectivity index (χ0v) is 11.0. The van der Waals surface area contributed by atoms with Crippen LogP contribution in [0.3, 0.4) is 0 Å². The summed E-state index contributed by atoms with van der Waals surface area (Å²) < 4.78 is 43.7. The van der Waals surface area contributed by atoms with Gasteiger partial charge < -0.3 is 15.8 Å². The van der Waals surface area contributed by atoms with Crippen molar-refractivity contribution in [1.29, 1.82) is 0 Å². The standard InChI is InChI=1S/C12H12F3N5O/c1-2-21-11-19-9(16)18-10(20-11)17-8-6-4-3-5-7(8)12(13,14)15/h3-6H,2H2,1H3,(H3,16,17,18,19,20). The van der Waals surface area contributed by atoms with Crippen LogP contribution in [0.1, 0.15) is 12.5 Å². The van der Waals surface area contributed by atoms with Crippen LogP contribution in [-0.2, 0) is 6.18 Å². The number of nitrogens with zero attached hydrogens (tertiary/aromatic N) is 3. The summed E-state index contributed by atoms with van der Waals surface area (Å²) in [7, 11) is 0. The summed E-state index contributed by atoms with van der Waals surface area (Å²) in [4.78, 5) is 11.3. The van der Waals surface area contributed by atoms with Crippen LogP contribution in [0.25, 0.3) is 0 Å². The van der Waals surface area contributed by atoms with Crippen molar-refractivity contribution in [2.45, 2.75) is 13.1 Å². The van der Waals surface area contributed by atoms with E-state index in [1.807, 2.05) is 0 Å². The maximum Gasteiger partial charge on any atom is 0.418 e. The Kier molecular flexibility index (Phi) is 4.10. The third-order valence-corrected chi connectivity index (χ3v) is 2.38. The van der Waals surface area contributed by atoms with Crippen molar-refractivity contribution < 1.29 is 17.9 Å². The smallest absolute Gasteiger partial charge is 0.418 e. The summed E-state index contributed by atoms with van der Waals surface area (Å²) >= 11 is 0. The van der Waals surface area contributed by atoms with Crippen molar-refractivity contribution in [3.63, 3.8) is 0 Å². The van der Waals surface area contributed by atoms with E-state index in [-0.39, 0.29) is 23.6 Å². The van der Waals surface area contributed by atoms with Gasteiger partial charge in [0, 0.05) is 0 Å². The van der Waals surface area contributed by atoms with Crippen molar-refractivity contribution >= 4 is 17.6 Å². The van der Waals surface area contributed by atoms with Gasteiger partial charge in [-0.15, -0.1) is 0 Å². The summed E-state index contributed by atoms with van der Waals surface area (Å²) in [6.45, 7) is 2.01. The Balaban J connectivity index is 2.35.